The van der Waals surface area contributed by atoms with Gasteiger partial charge in [0.15, 0.2) is 11.0 Å². The average Bonchev–Trinajstić information content (AvgIpc) is 3.23. The Morgan fingerprint density at radius 2 is 1.80 bits per heavy atom. The molecule has 8 heteroatoms. The number of thiazole rings is 1. The van der Waals surface area contributed by atoms with Crippen LogP contribution >= 0.6 is 22.9 Å². The van der Waals surface area contributed by atoms with Gasteiger partial charge in [-0.15, -0.1) is 11.3 Å². The zero-order valence-corrected chi connectivity index (χ0v) is 18.7. The summed E-state index contributed by atoms with van der Waals surface area (Å²) >= 11 is 7.82. The molecule has 0 radical (unpaired) electrons. The topological polar surface area (TPSA) is 48.4 Å². The molecule has 1 fully saturated rings. The normalized spacial score (nSPS) is 17.9. The summed E-state index contributed by atoms with van der Waals surface area (Å²) in [6.45, 7) is 7.17. The van der Waals surface area contributed by atoms with Crippen LogP contribution in [0, 0.1) is 0 Å². The van der Waals surface area contributed by atoms with Crippen LogP contribution in [0.2, 0.25) is 5.02 Å². The maximum Gasteiger partial charge on any atom is 0.185 e. The van der Waals surface area contributed by atoms with Crippen molar-refractivity contribution in [3.05, 3.63) is 57.8 Å². The van der Waals surface area contributed by atoms with Crippen molar-refractivity contribution in [3.63, 3.8) is 0 Å². The van der Waals surface area contributed by atoms with E-state index >= 15 is 0 Å². The molecule has 0 unspecified atom stereocenters. The number of aromatic nitrogens is 3. The van der Waals surface area contributed by atoms with E-state index in [9.17, 15) is 0 Å². The Balaban J connectivity index is 1.24. The number of rotatable bonds is 4. The smallest absolute Gasteiger partial charge is 0.185 e. The first-order valence-electron chi connectivity index (χ1n) is 10.4. The van der Waals surface area contributed by atoms with Crippen LogP contribution in [0.1, 0.15) is 16.1 Å². The highest BCUT2D eigenvalue weighted by Gasteiger charge is 2.21. The summed E-state index contributed by atoms with van der Waals surface area (Å²) in [5.41, 5.74) is 3.39. The molecular weight excluding hydrogens is 416 g/mol. The van der Waals surface area contributed by atoms with Crippen LogP contribution in [-0.4, -0.2) is 64.5 Å². The lowest BCUT2D eigenvalue weighted by molar-refractivity contribution is 0.245. The lowest BCUT2D eigenvalue weighted by Gasteiger charge is -2.32. The minimum atomic E-state index is 0.728. The van der Waals surface area contributed by atoms with E-state index in [0.717, 1.165) is 79.5 Å². The van der Waals surface area contributed by atoms with Gasteiger partial charge in [0.2, 0.25) is 0 Å². The van der Waals surface area contributed by atoms with Gasteiger partial charge in [0.05, 0.1) is 5.69 Å². The molecule has 3 aromatic rings. The van der Waals surface area contributed by atoms with Crippen LogP contribution in [0.3, 0.4) is 0 Å². The maximum atomic E-state index is 5.99. The third-order valence-electron chi connectivity index (χ3n) is 5.81. The molecule has 2 aliphatic rings. The molecule has 156 valence electrons. The standard InChI is InChI=1S/C22H25ClN6S/c1-27-8-10-29(11-9-27)22-25-13-19(30-22)15-28-7-6-20-17(14-28)12-24-21(26-20)16-2-4-18(23)5-3-16/h2-5,12-13H,6-11,14-15H2,1H3. The minimum absolute atomic E-state index is 0.728. The second-order valence-electron chi connectivity index (χ2n) is 8.03. The van der Waals surface area contributed by atoms with E-state index in [1.807, 2.05) is 48.0 Å². The van der Waals surface area contributed by atoms with Crippen molar-refractivity contribution >= 4 is 28.1 Å². The minimum Gasteiger partial charge on any atom is -0.346 e. The van der Waals surface area contributed by atoms with Crippen LogP contribution in [0.15, 0.2) is 36.7 Å². The Bertz CT molecular complexity index is 1010. The molecule has 0 N–H and O–H groups in total. The Labute approximate surface area is 186 Å². The molecule has 0 spiro atoms. The number of piperazine rings is 1. The van der Waals surface area contributed by atoms with Gasteiger partial charge >= 0.3 is 0 Å². The molecule has 6 nitrogen and oxygen atoms in total. The SMILES string of the molecule is CN1CCN(c2ncc(CN3CCc4nc(-c5ccc(Cl)cc5)ncc4C3)s2)CC1. The molecule has 1 aromatic carbocycles. The molecule has 1 saturated heterocycles. The van der Waals surface area contributed by atoms with Gasteiger partial charge in [0.1, 0.15) is 0 Å². The maximum absolute atomic E-state index is 5.99. The fourth-order valence-corrected chi connectivity index (χ4v) is 5.11. The van der Waals surface area contributed by atoms with Crippen LogP contribution in [0.25, 0.3) is 11.4 Å². The monoisotopic (exact) mass is 440 g/mol. The van der Waals surface area contributed by atoms with Gasteiger partial charge in [0, 0.05) is 85.7 Å². The van der Waals surface area contributed by atoms with E-state index in [-0.39, 0.29) is 0 Å². The quantitative estimate of drug-likeness (QED) is 0.618. The van der Waals surface area contributed by atoms with Crippen molar-refractivity contribution in [1.82, 2.24) is 24.8 Å². The van der Waals surface area contributed by atoms with Gasteiger partial charge in [-0.2, -0.15) is 0 Å². The molecule has 0 amide bonds. The fraction of sp³-hybridized carbons (Fsp3) is 0.409. The zero-order chi connectivity index (χ0) is 20.5. The Hall–Kier alpha value is -2.06. The largest absolute Gasteiger partial charge is 0.346 e. The summed E-state index contributed by atoms with van der Waals surface area (Å²) in [5, 5.41) is 1.89. The number of likely N-dealkylation sites (N-methyl/N-ethyl adjacent to an activating group) is 1. The Kier molecular flexibility index (Phi) is 5.69. The second kappa shape index (κ2) is 8.59. The van der Waals surface area contributed by atoms with Gasteiger partial charge in [-0.1, -0.05) is 11.6 Å². The molecule has 4 heterocycles. The van der Waals surface area contributed by atoms with Gasteiger partial charge in [0.25, 0.3) is 0 Å². The van der Waals surface area contributed by atoms with Crippen molar-refractivity contribution in [1.29, 1.82) is 0 Å². The van der Waals surface area contributed by atoms with Crippen LogP contribution < -0.4 is 4.90 Å². The van der Waals surface area contributed by atoms with Crippen LogP contribution in [-0.2, 0) is 19.5 Å². The lowest BCUT2D eigenvalue weighted by atomic mass is 10.1. The van der Waals surface area contributed by atoms with Gasteiger partial charge < -0.3 is 9.80 Å². The number of anilines is 1. The first kappa shape index (κ1) is 19.9. The third kappa shape index (κ3) is 4.34. The number of halogens is 1. The first-order valence-corrected chi connectivity index (χ1v) is 11.5. The molecule has 0 bridgehead atoms. The molecule has 0 atom stereocenters. The fourth-order valence-electron chi connectivity index (χ4n) is 3.98. The number of fused-ring (bicyclic) bond motifs is 1. The predicted octanol–water partition coefficient (Wildman–Crippen LogP) is 3.56. The average molecular weight is 441 g/mol. The van der Waals surface area contributed by atoms with E-state index < -0.39 is 0 Å². The molecule has 5 rings (SSSR count). The van der Waals surface area contributed by atoms with Crippen molar-refractivity contribution in [2.75, 3.05) is 44.7 Å². The number of benzene rings is 1. The molecule has 30 heavy (non-hydrogen) atoms. The van der Waals surface area contributed by atoms with Crippen LogP contribution in [0.5, 0.6) is 0 Å². The second-order valence-corrected chi connectivity index (χ2v) is 9.56. The van der Waals surface area contributed by atoms with Crippen molar-refractivity contribution in [2.45, 2.75) is 19.5 Å². The van der Waals surface area contributed by atoms with Gasteiger partial charge in [-0.25, -0.2) is 15.0 Å². The summed E-state index contributed by atoms with van der Waals surface area (Å²) in [6, 6.07) is 7.71. The summed E-state index contributed by atoms with van der Waals surface area (Å²) < 4.78 is 0. The highest BCUT2D eigenvalue weighted by Crippen LogP contribution is 2.27. The number of nitrogens with zero attached hydrogens (tertiary/aromatic N) is 6. The molecule has 2 aliphatic heterocycles. The molecule has 0 aliphatic carbocycles. The summed E-state index contributed by atoms with van der Waals surface area (Å²) in [7, 11) is 2.18. The van der Waals surface area contributed by atoms with E-state index in [0.29, 0.717) is 0 Å². The predicted molar refractivity (Wildman–Crippen MR) is 122 cm³/mol. The van der Waals surface area contributed by atoms with Gasteiger partial charge in [-0.05, 0) is 31.3 Å². The van der Waals surface area contributed by atoms with Crippen molar-refractivity contribution in [2.24, 2.45) is 0 Å². The summed E-state index contributed by atoms with van der Waals surface area (Å²) in [4.78, 5) is 22.7. The summed E-state index contributed by atoms with van der Waals surface area (Å²) in [5.74, 6) is 0.776. The highest BCUT2D eigenvalue weighted by molar-refractivity contribution is 7.15. The van der Waals surface area contributed by atoms with Crippen molar-refractivity contribution < 1.29 is 0 Å². The molecule has 0 saturated carbocycles. The Morgan fingerprint density at radius 1 is 1.00 bits per heavy atom. The number of hydrogen-bond acceptors (Lipinski definition) is 7. The third-order valence-corrected chi connectivity index (χ3v) is 7.10. The lowest BCUT2D eigenvalue weighted by Crippen LogP contribution is -2.44. The van der Waals surface area contributed by atoms with E-state index in [2.05, 4.69) is 26.7 Å². The Morgan fingerprint density at radius 3 is 2.60 bits per heavy atom. The summed E-state index contributed by atoms with van der Waals surface area (Å²) in [6.07, 6.45) is 4.98. The molecule has 2 aromatic heterocycles. The van der Waals surface area contributed by atoms with Gasteiger partial charge in [-0.3, -0.25) is 4.90 Å². The number of hydrogen-bond donors (Lipinski definition) is 0. The van der Waals surface area contributed by atoms with Crippen LogP contribution in [0.4, 0.5) is 5.13 Å². The first-order chi connectivity index (χ1) is 14.6. The zero-order valence-electron chi connectivity index (χ0n) is 17.1. The highest BCUT2D eigenvalue weighted by atomic mass is 35.5. The molecular formula is C22H25ClN6S. The van der Waals surface area contributed by atoms with E-state index in [4.69, 9.17) is 21.6 Å². The van der Waals surface area contributed by atoms with E-state index in [1.54, 1.807) is 0 Å². The van der Waals surface area contributed by atoms with E-state index in [1.165, 1.54) is 10.4 Å². The van der Waals surface area contributed by atoms with Crippen molar-refractivity contribution in [3.8, 4) is 11.4 Å².